The second kappa shape index (κ2) is 24.8. The van der Waals surface area contributed by atoms with Gasteiger partial charge < -0.3 is 76.0 Å². The Labute approximate surface area is 484 Å². The molecule has 0 radical (unpaired) electrons. The van der Waals surface area contributed by atoms with E-state index < -0.39 is 105 Å². The number of hydrogen-bond donors (Lipinski definition) is 11. The van der Waals surface area contributed by atoms with Crippen LogP contribution in [0.4, 0.5) is 11.9 Å². The second-order valence-corrected chi connectivity index (χ2v) is 25.4. The highest BCUT2D eigenvalue weighted by molar-refractivity contribution is 7.63. The zero-order valence-electron chi connectivity index (χ0n) is 44.1. The summed E-state index contributed by atoms with van der Waals surface area (Å²) in [5.74, 6) is -2.06. The largest absolute Gasteiger partial charge is 0.856 e. The molecule has 7 heterocycles. The number of aliphatic hydroxyl groups excluding tert-OH is 4. The van der Waals surface area contributed by atoms with Gasteiger partial charge in [-0.25, -0.2) is 46.7 Å². The Morgan fingerprint density at radius 1 is 0.547 bits per heavy atom. The molecule has 0 saturated carbocycles. The van der Waals surface area contributed by atoms with E-state index in [-0.39, 0.29) is 47.3 Å². The van der Waals surface area contributed by atoms with Gasteiger partial charge in [-0.2, -0.15) is 8.62 Å². The monoisotopic (exact) mass is 1270 g/mol. The van der Waals surface area contributed by atoms with Gasteiger partial charge in [-0.1, -0.05) is 119 Å². The molecular formula is C49H52N12O21P4. The molecule has 37 heteroatoms. The molecule has 33 nitrogen and oxygen atoms in total. The lowest BCUT2D eigenvalue weighted by atomic mass is 10.0. The summed E-state index contributed by atoms with van der Waals surface area (Å²) in [6.07, 6.45) is -6.25. The van der Waals surface area contributed by atoms with Crippen molar-refractivity contribution in [2.24, 2.45) is 0 Å². The predicted octanol–water partition coefficient (Wildman–Crippen LogP) is 0.623. The highest BCUT2D eigenvalue weighted by Crippen LogP contribution is 2.60. The minimum absolute atomic E-state index is 0.00365. The average Bonchev–Trinajstić information content (AvgIpc) is 1.87. The van der Waals surface area contributed by atoms with E-state index in [1.807, 2.05) is 109 Å². The summed E-state index contributed by atoms with van der Waals surface area (Å²) in [4.78, 5) is 66.3. The zero-order chi connectivity index (χ0) is 61.5. The summed E-state index contributed by atoms with van der Waals surface area (Å²) in [6.45, 7) is -1.34. The predicted molar refractivity (Wildman–Crippen MR) is 290 cm³/mol. The Morgan fingerprint density at radius 3 is 1.33 bits per heavy atom. The van der Waals surface area contributed by atoms with Gasteiger partial charge in [0.05, 0.1) is 26.3 Å². The third-order valence-electron chi connectivity index (χ3n) is 13.3. The number of benzene rings is 4. The van der Waals surface area contributed by atoms with E-state index in [1.54, 1.807) is 4.57 Å². The van der Waals surface area contributed by atoms with Crippen LogP contribution in [-0.4, -0.2) is 133 Å². The minimum Gasteiger partial charge on any atom is -0.856 e. The third-order valence-corrected chi connectivity index (χ3v) is 18.5. The van der Waals surface area contributed by atoms with Crippen LogP contribution < -0.4 is 30.8 Å². The van der Waals surface area contributed by atoms with E-state index in [4.69, 9.17) is 35.3 Å². The van der Waals surface area contributed by atoms with Crippen LogP contribution in [0.3, 0.4) is 0 Å². The highest BCUT2D eigenvalue weighted by Gasteiger charge is 2.50. The van der Waals surface area contributed by atoms with Crippen LogP contribution in [0, 0.1) is 0 Å². The maximum absolute atomic E-state index is 12.9. The summed E-state index contributed by atoms with van der Waals surface area (Å²) in [5, 5.41) is 68.6. The lowest BCUT2D eigenvalue weighted by molar-refractivity contribution is -0.746. The molecule has 2 aliphatic heterocycles. The van der Waals surface area contributed by atoms with Crippen LogP contribution in [-0.2, 0) is 58.5 Å². The van der Waals surface area contributed by atoms with Gasteiger partial charge in [0.15, 0.2) is 23.7 Å². The standard InChI is InChI=1S/C26H27N7O10P2.C23H25N5O11P2/c27-26-29-23-20(24(36)30-26)31(12-16-6-8-18(9-7-16)17-4-2-1-3-5-17)15-33(23)25-22(35)21(34)19(42-25)13-41-45(39,40)43-44(37,38)32-11-10-28-14-32;24-23-25-20-17(21(31)26-23)27(10-13-6-8-15(9-7-13)14-4-2-1-3-5-14)12-28(20)22-19(30)18(29)16(38-22)11-37-41(35,36)39-40(32,33)34/h1-11,14-15,19,21-22,25,34-35H,12-13H2,(H4-,27,29,30,36,37,38,39,40);1-9,12,16,18-19,22,29-30H,10-11H2,(H5-,24,25,26,31,32,33,34,35,36)/t19-,21-,22-,25-;16-,18-,19-,22-/m11/s1. The van der Waals surface area contributed by atoms with Gasteiger partial charge in [-0.05, 0) is 33.4 Å². The molecule has 5 aromatic heterocycles. The molecular weight excluding hydrogens is 1220 g/mol. The second-order valence-electron chi connectivity index (χ2n) is 19.3. The number of fused-ring (bicyclic) bond motifs is 2. The van der Waals surface area contributed by atoms with Crippen molar-refractivity contribution in [2.45, 2.75) is 62.2 Å². The highest BCUT2D eigenvalue weighted by atomic mass is 31.3. The van der Waals surface area contributed by atoms with Crippen molar-refractivity contribution in [3.05, 3.63) is 152 Å². The third kappa shape index (κ3) is 13.9. The molecule has 0 spiro atoms. The van der Waals surface area contributed by atoms with Gasteiger partial charge >= 0.3 is 42.5 Å². The molecule has 2 saturated heterocycles. The van der Waals surface area contributed by atoms with Gasteiger partial charge in [0.1, 0.15) is 43.0 Å². The molecule has 2 aliphatic rings. The van der Waals surface area contributed by atoms with Crippen molar-refractivity contribution in [3.63, 3.8) is 0 Å². The number of ether oxygens (including phenoxy) is 2. The summed E-state index contributed by atoms with van der Waals surface area (Å²) in [7, 11) is -20.6. The average molecular weight is 1270 g/mol. The van der Waals surface area contributed by atoms with Gasteiger partial charge in [-0.3, -0.25) is 18.2 Å². The molecule has 13 N–H and O–H groups in total. The summed E-state index contributed by atoms with van der Waals surface area (Å²) >= 11 is 0. The van der Waals surface area contributed by atoms with Crippen LogP contribution >= 0.6 is 31.2 Å². The van der Waals surface area contributed by atoms with Crippen LogP contribution in [0.15, 0.2) is 141 Å². The molecule has 0 amide bonds. The summed E-state index contributed by atoms with van der Waals surface area (Å²) in [6, 6.07) is 34.8. The van der Waals surface area contributed by atoms with Gasteiger partial charge in [0.2, 0.25) is 12.5 Å². The van der Waals surface area contributed by atoms with E-state index in [1.165, 1.54) is 26.4 Å². The molecule has 11 atom stereocenters. The molecule has 3 unspecified atom stereocenters. The number of nitrogen functional groups attached to an aromatic ring is 2. The van der Waals surface area contributed by atoms with Crippen molar-refractivity contribution in [3.8, 4) is 34.0 Å². The lowest BCUT2D eigenvalue weighted by Gasteiger charge is -2.19. The van der Waals surface area contributed by atoms with Crippen molar-refractivity contribution in [1.82, 2.24) is 38.4 Å². The fourth-order valence-corrected chi connectivity index (χ4v) is 13.4. The number of rotatable bonds is 19. The number of aromatic nitrogens is 10. The van der Waals surface area contributed by atoms with Crippen molar-refractivity contribution in [1.29, 1.82) is 0 Å². The Hall–Kier alpha value is -7.29. The smallest absolute Gasteiger partial charge is 0.481 e. The number of nitrogens with two attached hydrogens (primary N) is 2. The van der Waals surface area contributed by atoms with Crippen molar-refractivity contribution >= 4 is 65.4 Å². The van der Waals surface area contributed by atoms with E-state index in [0.29, 0.717) is 4.34 Å². The molecule has 454 valence electrons. The molecule has 11 rings (SSSR count). The zero-order valence-corrected chi connectivity index (χ0v) is 47.6. The Morgan fingerprint density at radius 2 is 0.942 bits per heavy atom. The fourth-order valence-electron chi connectivity index (χ4n) is 9.43. The number of phosphoric ester groups is 2. The maximum Gasteiger partial charge on any atom is 0.481 e. The SMILES string of the molecule is Nc1nc([O-])c2c(n1)[n+]([C@@H]1O[C@H](COP(=O)(O)OP(=O)(O)O)[C@@H](O)[C@H]1O)cn2Cc1ccc(-c2ccccc2)cc1.Nc1nc([O-])c2c(n1)[n+]([C@@H]1O[C@H](COP(=O)(O)OP(=O)(O)n3ccnc3)[C@@H](O)[C@H]1O)cn2Cc1ccc(-c2ccccc2)cc1. The van der Waals surface area contributed by atoms with Crippen molar-refractivity contribution in [2.75, 3.05) is 24.7 Å². The molecule has 86 heavy (non-hydrogen) atoms. The number of anilines is 2. The number of nitrogens with zero attached hydrogens (tertiary/aromatic N) is 10. The Balaban J connectivity index is 0.000000192. The van der Waals surface area contributed by atoms with Crippen LogP contribution in [0.2, 0.25) is 0 Å². The molecule has 0 bridgehead atoms. The number of imidazole rings is 3. The van der Waals surface area contributed by atoms with Crippen molar-refractivity contribution < 1.29 is 110 Å². The molecule has 9 aromatic rings. The van der Waals surface area contributed by atoms with Gasteiger partial charge in [-0.15, -0.1) is 0 Å². The summed E-state index contributed by atoms with van der Waals surface area (Å²) < 4.78 is 82.5. The number of hydrogen-bond acceptors (Lipinski definition) is 23. The first-order valence-corrected chi connectivity index (χ1v) is 31.3. The fraction of sp³-hybridized carbons (Fsp3) is 0.245. The molecule has 0 aliphatic carbocycles. The van der Waals surface area contributed by atoms with Gasteiger partial charge in [0.25, 0.3) is 11.9 Å². The Kier molecular flexibility index (Phi) is 17.8. The molecule has 2 fully saturated rings. The first kappa shape index (κ1) is 61.8. The quantitative estimate of drug-likeness (QED) is 0.0390. The normalized spacial score (nSPS) is 22.7. The van der Waals surface area contributed by atoms with E-state index in [0.717, 1.165) is 52.1 Å². The minimum atomic E-state index is -5.37. The topological polar surface area (TPSA) is 491 Å². The number of phosphoric acid groups is 3. The summed E-state index contributed by atoms with van der Waals surface area (Å²) in [5.41, 5.74) is 17.2. The number of aliphatic hydroxyl groups is 4. The van der Waals surface area contributed by atoms with Crippen LogP contribution in [0.1, 0.15) is 23.6 Å². The van der Waals surface area contributed by atoms with Crippen LogP contribution in [0.5, 0.6) is 11.8 Å². The van der Waals surface area contributed by atoms with Gasteiger partial charge in [0, 0.05) is 24.2 Å². The Bertz CT molecular complexity index is 4080. The lowest BCUT2D eigenvalue weighted by Crippen LogP contribution is -2.46. The first-order chi connectivity index (χ1) is 40.7. The van der Waals surface area contributed by atoms with E-state index in [9.17, 15) is 63.6 Å². The first-order valence-electron chi connectivity index (χ1n) is 25.3. The van der Waals surface area contributed by atoms with E-state index >= 15 is 0 Å². The molecule has 4 aromatic carbocycles. The maximum atomic E-state index is 12.9. The van der Waals surface area contributed by atoms with E-state index in [2.05, 4.69) is 38.1 Å². The van der Waals surface area contributed by atoms with Crippen LogP contribution in [0.25, 0.3) is 44.6 Å².